The molecular formula is C15H19FN2OS. The van der Waals surface area contributed by atoms with Gasteiger partial charge in [-0.25, -0.2) is 9.37 Å². The van der Waals surface area contributed by atoms with Gasteiger partial charge in [-0.2, -0.15) is 0 Å². The zero-order valence-electron chi connectivity index (χ0n) is 11.9. The highest BCUT2D eigenvalue weighted by Gasteiger charge is 2.12. The Morgan fingerprint density at radius 3 is 2.80 bits per heavy atom. The molecule has 0 fully saturated rings. The van der Waals surface area contributed by atoms with Crippen molar-refractivity contribution < 1.29 is 9.13 Å². The van der Waals surface area contributed by atoms with Crippen LogP contribution in [0.3, 0.4) is 0 Å². The molecule has 0 saturated heterocycles. The summed E-state index contributed by atoms with van der Waals surface area (Å²) in [5, 5.41) is 6.51. The molecule has 0 aliphatic rings. The summed E-state index contributed by atoms with van der Waals surface area (Å²) in [6, 6.07) is 5.14. The number of benzene rings is 1. The van der Waals surface area contributed by atoms with Crippen molar-refractivity contribution in [1.82, 2.24) is 10.3 Å². The highest BCUT2D eigenvalue weighted by molar-refractivity contribution is 7.09. The van der Waals surface area contributed by atoms with Gasteiger partial charge in [0.15, 0.2) is 11.6 Å². The fourth-order valence-electron chi connectivity index (χ4n) is 1.99. The van der Waals surface area contributed by atoms with Crippen LogP contribution in [0.25, 0.3) is 0 Å². The van der Waals surface area contributed by atoms with E-state index in [1.54, 1.807) is 17.4 Å². The van der Waals surface area contributed by atoms with Crippen LogP contribution in [0.5, 0.6) is 5.75 Å². The quantitative estimate of drug-likeness (QED) is 0.881. The van der Waals surface area contributed by atoms with Gasteiger partial charge in [-0.3, -0.25) is 0 Å². The fraction of sp³-hybridized carbons (Fsp3) is 0.400. The summed E-state index contributed by atoms with van der Waals surface area (Å²) in [6.07, 6.45) is 1.82. The van der Waals surface area contributed by atoms with Gasteiger partial charge in [-0.15, -0.1) is 11.3 Å². The Kier molecular flexibility index (Phi) is 5.09. The predicted molar refractivity (Wildman–Crippen MR) is 79.9 cm³/mol. The molecule has 0 aliphatic heterocycles. The first-order valence-electron chi connectivity index (χ1n) is 6.58. The highest BCUT2D eigenvalue weighted by Crippen LogP contribution is 2.23. The van der Waals surface area contributed by atoms with Crippen molar-refractivity contribution in [2.75, 3.05) is 13.7 Å². The zero-order chi connectivity index (χ0) is 14.5. The lowest BCUT2D eigenvalue weighted by Crippen LogP contribution is -2.23. The van der Waals surface area contributed by atoms with E-state index in [0.29, 0.717) is 5.92 Å². The van der Waals surface area contributed by atoms with Crippen LogP contribution in [0.1, 0.15) is 36.4 Å². The van der Waals surface area contributed by atoms with Crippen LogP contribution in [-0.2, 0) is 0 Å². The first-order chi connectivity index (χ1) is 9.61. The monoisotopic (exact) mass is 294 g/mol. The number of hydrogen-bond donors (Lipinski definition) is 1. The zero-order valence-corrected chi connectivity index (χ0v) is 12.7. The minimum absolute atomic E-state index is 0.0813. The molecule has 0 amide bonds. The Balaban J connectivity index is 1.94. The van der Waals surface area contributed by atoms with Gasteiger partial charge >= 0.3 is 0 Å². The molecule has 5 heteroatoms. The molecule has 1 aromatic heterocycles. The Morgan fingerprint density at radius 2 is 2.20 bits per heavy atom. The molecule has 0 saturated carbocycles. The summed E-state index contributed by atoms with van der Waals surface area (Å²) in [7, 11) is 1.47. The minimum Gasteiger partial charge on any atom is -0.494 e. The summed E-state index contributed by atoms with van der Waals surface area (Å²) in [4.78, 5) is 4.31. The van der Waals surface area contributed by atoms with Crippen molar-refractivity contribution in [3.63, 3.8) is 0 Å². The van der Waals surface area contributed by atoms with Gasteiger partial charge in [0.25, 0.3) is 0 Å². The van der Waals surface area contributed by atoms with Crippen LogP contribution in [-0.4, -0.2) is 18.6 Å². The third-order valence-electron chi connectivity index (χ3n) is 3.28. The van der Waals surface area contributed by atoms with E-state index in [4.69, 9.17) is 4.74 Å². The van der Waals surface area contributed by atoms with Crippen LogP contribution < -0.4 is 10.1 Å². The molecule has 0 bridgehead atoms. The number of ether oxygens (including phenoxy) is 1. The van der Waals surface area contributed by atoms with E-state index in [2.05, 4.69) is 17.2 Å². The van der Waals surface area contributed by atoms with Crippen molar-refractivity contribution in [3.8, 4) is 5.75 Å². The molecular weight excluding hydrogens is 275 g/mol. The second-order valence-corrected chi connectivity index (χ2v) is 5.72. The van der Waals surface area contributed by atoms with E-state index in [9.17, 15) is 4.39 Å². The van der Waals surface area contributed by atoms with E-state index in [-0.39, 0.29) is 17.6 Å². The predicted octanol–water partition coefficient (Wildman–Crippen LogP) is 3.75. The lowest BCUT2D eigenvalue weighted by Gasteiger charge is -2.17. The average Bonchev–Trinajstić information content (AvgIpc) is 2.98. The standard InChI is InChI=1S/C15H19FN2OS/c1-10(15-17-6-7-20-15)9-18-11(2)12-4-5-14(19-3)13(16)8-12/h4-8,10-11,18H,9H2,1-3H3. The van der Waals surface area contributed by atoms with E-state index in [1.165, 1.54) is 13.2 Å². The van der Waals surface area contributed by atoms with Crippen LogP contribution in [0, 0.1) is 5.82 Å². The molecule has 2 rings (SSSR count). The van der Waals surface area contributed by atoms with E-state index >= 15 is 0 Å². The van der Waals surface area contributed by atoms with Crippen molar-refractivity contribution in [3.05, 3.63) is 46.2 Å². The maximum atomic E-state index is 13.7. The number of halogens is 1. The number of hydrogen-bond acceptors (Lipinski definition) is 4. The minimum atomic E-state index is -0.327. The van der Waals surface area contributed by atoms with Crippen LogP contribution in [0.2, 0.25) is 0 Å². The van der Waals surface area contributed by atoms with Gasteiger partial charge in [0.1, 0.15) is 0 Å². The molecule has 0 spiro atoms. The fourth-order valence-corrected chi connectivity index (χ4v) is 2.69. The van der Waals surface area contributed by atoms with E-state index in [0.717, 1.165) is 17.1 Å². The first-order valence-corrected chi connectivity index (χ1v) is 7.46. The summed E-state index contributed by atoms with van der Waals surface area (Å²) < 4.78 is 18.6. The molecule has 108 valence electrons. The molecule has 1 N–H and O–H groups in total. The maximum Gasteiger partial charge on any atom is 0.165 e. The van der Waals surface area contributed by atoms with Gasteiger partial charge in [-0.05, 0) is 24.6 Å². The average molecular weight is 294 g/mol. The maximum absolute atomic E-state index is 13.7. The molecule has 1 aromatic carbocycles. The molecule has 0 radical (unpaired) electrons. The molecule has 1 heterocycles. The van der Waals surface area contributed by atoms with Gasteiger partial charge < -0.3 is 10.1 Å². The van der Waals surface area contributed by atoms with Crippen molar-refractivity contribution in [2.45, 2.75) is 25.8 Å². The Bertz CT molecular complexity index is 545. The highest BCUT2D eigenvalue weighted by atomic mass is 32.1. The smallest absolute Gasteiger partial charge is 0.165 e. The number of aromatic nitrogens is 1. The Morgan fingerprint density at radius 1 is 1.40 bits per heavy atom. The van der Waals surface area contributed by atoms with Gasteiger partial charge in [0.05, 0.1) is 12.1 Å². The largest absolute Gasteiger partial charge is 0.494 e. The van der Waals surface area contributed by atoms with Crippen molar-refractivity contribution in [1.29, 1.82) is 0 Å². The number of nitrogens with one attached hydrogen (secondary N) is 1. The summed E-state index contributed by atoms with van der Waals surface area (Å²) >= 11 is 1.66. The third-order valence-corrected chi connectivity index (χ3v) is 4.29. The molecule has 3 nitrogen and oxygen atoms in total. The normalized spacial score (nSPS) is 14.0. The molecule has 20 heavy (non-hydrogen) atoms. The van der Waals surface area contributed by atoms with Crippen LogP contribution in [0.15, 0.2) is 29.8 Å². The Hall–Kier alpha value is -1.46. The molecule has 2 aromatic rings. The van der Waals surface area contributed by atoms with Gasteiger partial charge in [0, 0.05) is 30.1 Å². The summed E-state index contributed by atoms with van der Waals surface area (Å²) in [5.74, 6) is 0.296. The summed E-state index contributed by atoms with van der Waals surface area (Å²) in [6.45, 7) is 4.96. The second-order valence-electron chi connectivity index (χ2n) is 4.80. The number of nitrogens with zero attached hydrogens (tertiary/aromatic N) is 1. The number of methoxy groups -OCH3 is 1. The molecule has 2 atom stereocenters. The Labute approximate surface area is 122 Å². The topological polar surface area (TPSA) is 34.1 Å². The van der Waals surface area contributed by atoms with Crippen LogP contribution in [0.4, 0.5) is 4.39 Å². The van der Waals surface area contributed by atoms with Gasteiger partial charge in [0.2, 0.25) is 0 Å². The summed E-state index contributed by atoms with van der Waals surface area (Å²) in [5.41, 5.74) is 0.912. The van der Waals surface area contributed by atoms with Crippen molar-refractivity contribution in [2.24, 2.45) is 0 Å². The van der Waals surface area contributed by atoms with Crippen molar-refractivity contribution >= 4 is 11.3 Å². The molecule has 2 unspecified atom stereocenters. The third kappa shape index (κ3) is 3.55. The lowest BCUT2D eigenvalue weighted by molar-refractivity contribution is 0.385. The van der Waals surface area contributed by atoms with E-state index < -0.39 is 0 Å². The number of rotatable bonds is 6. The SMILES string of the molecule is COc1ccc(C(C)NCC(C)c2nccs2)cc1F. The number of thiazole rings is 1. The first kappa shape index (κ1) is 14.9. The van der Waals surface area contributed by atoms with E-state index in [1.807, 2.05) is 24.6 Å². The lowest BCUT2D eigenvalue weighted by atomic mass is 10.1. The second kappa shape index (κ2) is 6.81. The molecule has 0 aliphatic carbocycles. The van der Waals surface area contributed by atoms with Gasteiger partial charge in [-0.1, -0.05) is 13.0 Å². The van der Waals surface area contributed by atoms with Crippen LogP contribution >= 0.6 is 11.3 Å².